The molecule has 0 aromatic carbocycles. The van der Waals surface area contributed by atoms with Crippen molar-refractivity contribution in [3.05, 3.63) is 0 Å². The van der Waals surface area contributed by atoms with Gasteiger partial charge in [0.1, 0.15) is 0 Å². The number of Topliss-reactive ketones (excluding diaryl/α,β-unsaturated/α-hetero) is 1. The van der Waals surface area contributed by atoms with Crippen molar-refractivity contribution in [3.8, 4) is 0 Å². The number of carbonyl (C=O) groups is 3. The molecule has 2 atom stereocenters. The van der Waals surface area contributed by atoms with Gasteiger partial charge in [0.15, 0.2) is 11.3 Å². The SMILES string of the molecule is NCCCCC(N)(C(=O)O)C(=O)C(N)CCC(=O)O. The Bertz CT molecular complexity index is 347. The van der Waals surface area contributed by atoms with Gasteiger partial charge in [-0.25, -0.2) is 4.79 Å². The molecule has 0 bridgehead atoms. The minimum absolute atomic E-state index is 0.0703. The van der Waals surface area contributed by atoms with Gasteiger partial charge in [-0.3, -0.25) is 9.59 Å². The van der Waals surface area contributed by atoms with Gasteiger partial charge in [0.2, 0.25) is 0 Å². The highest BCUT2D eigenvalue weighted by Gasteiger charge is 2.43. The number of unbranched alkanes of at least 4 members (excludes halogenated alkanes) is 1. The van der Waals surface area contributed by atoms with Gasteiger partial charge < -0.3 is 27.4 Å². The molecule has 0 saturated carbocycles. The van der Waals surface area contributed by atoms with Crippen molar-refractivity contribution in [2.75, 3.05) is 6.54 Å². The van der Waals surface area contributed by atoms with Gasteiger partial charge in [-0.2, -0.15) is 0 Å². The van der Waals surface area contributed by atoms with Gasteiger partial charge in [-0.05, 0) is 32.2 Å². The van der Waals surface area contributed by atoms with E-state index in [4.69, 9.17) is 27.4 Å². The first kappa shape index (κ1) is 17.5. The molecule has 0 rings (SSSR count). The molecule has 0 fully saturated rings. The second-order valence-corrected chi connectivity index (χ2v) is 4.43. The zero-order valence-corrected chi connectivity index (χ0v) is 10.7. The second-order valence-electron chi connectivity index (χ2n) is 4.43. The molecule has 0 heterocycles. The third kappa shape index (κ3) is 5.33. The summed E-state index contributed by atoms with van der Waals surface area (Å²) in [7, 11) is 0. The molecule has 19 heavy (non-hydrogen) atoms. The summed E-state index contributed by atoms with van der Waals surface area (Å²) in [4.78, 5) is 33.5. The maximum Gasteiger partial charge on any atom is 0.331 e. The number of carboxylic acids is 2. The molecule has 8 heteroatoms. The summed E-state index contributed by atoms with van der Waals surface area (Å²) < 4.78 is 0. The summed E-state index contributed by atoms with van der Waals surface area (Å²) in [5, 5.41) is 17.6. The smallest absolute Gasteiger partial charge is 0.331 e. The summed E-state index contributed by atoms with van der Waals surface area (Å²) in [6.45, 7) is 0.370. The summed E-state index contributed by atoms with van der Waals surface area (Å²) in [6, 6.07) is -1.20. The number of rotatable bonds is 10. The molecule has 0 aromatic heterocycles. The first-order chi connectivity index (χ1) is 8.75. The predicted molar refractivity (Wildman–Crippen MR) is 67.3 cm³/mol. The molecule has 8 N–H and O–H groups in total. The first-order valence-electron chi connectivity index (χ1n) is 5.99. The standard InChI is InChI=1S/C11H21N3O5/c12-6-2-1-5-11(14,10(18)19)9(17)7(13)3-4-8(15)16/h7H,1-6,12-14H2,(H,15,16)(H,18,19). The molecule has 0 aliphatic rings. The number of carbonyl (C=O) groups excluding carboxylic acids is 1. The molecule has 0 saturated heterocycles. The van der Waals surface area contributed by atoms with Crippen molar-refractivity contribution in [2.24, 2.45) is 17.2 Å². The second kappa shape index (κ2) is 7.82. The van der Waals surface area contributed by atoms with Crippen molar-refractivity contribution in [2.45, 2.75) is 43.7 Å². The van der Waals surface area contributed by atoms with Crippen LogP contribution in [0.5, 0.6) is 0 Å². The molecule has 0 aliphatic heterocycles. The molecule has 0 spiro atoms. The maximum atomic E-state index is 12.0. The molecule has 0 aromatic rings. The highest BCUT2D eigenvalue weighted by Crippen LogP contribution is 2.16. The fourth-order valence-electron chi connectivity index (χ4n) is 1.62. The van der Waals surface area contributed by atoms with E-state index in [0.29, 0.717) is 19.4 Å². The predicted octanol–water partition coefficient (Wildman–Crippen LogP) is -1.34. The number of aliphatic carboxylic acids is 2. The van der Waals surface area contributed by atoms with Crippen LogP contribution in [0.4, 0.5) is 0 Å². The monoisotopic (exact) mass is 275 g/mol. The highest BCUT2D eigenvalue weighted by atomic mass is 16.4. The lowest BCUT2D eigenvalue weighted by Crippen LogP contribution is -2.60. The van der Waals surface area contributed by atoms with Crippen LogP contribution in [0, 0.1) is 0 Å². The van der Waals surface area contributed by atoms with Gasteiger partial charge in [0.05, 0.1) is 6.04 Å². The lowest BCUT2D eigenvalue weighted by atomic mass is 9.84. The van der Waals surface area contributed by atoms with Crippen molar-refractivity contribution < 1.29 is 24.6 Å². The average molecular weight is 275 g/mol. The zero-order valence-electron chi connectivity index (χ0n) is 10.7. The molecule has 8 nitrogen and oxygen atoms in total. The number of ketones is 1. The Balaban J connectivity index is 4.71. The topological polar surface area (TPSA) is 170 Å². The van der Waals surface area contributed by atoms with Gasteiger partial charge in [-0.15, -0.1) is 0 Å². The van der Waals surface area contributed by atoms with Gasteiger partial charge in [-0.1, -0.05) is 0 Å². The van der Waals surface area contributed by atoms with Crippen LogP contribution in [0.15, 0.2) is 0 Å². The van der Waals surface area contributed by atoms with Gasteiger partial charge in [0.25, 0.3) is 0 Å². The summed E-state index contributed by atoms with van der Waals surface area (Å²) in [5.41, 5.74) is 14.3. The van der Waals surface area contributed by atoms with E-state index in [-0.39, 0.29) is 19.3 Å². The Hall–Kier alpha value is -1.51. The van der Waals surface area contributed by atoms with E-state index >= 15 is 0 Å². The van der Waals surface area contributed by atoms with Crippen molar-refractivity contribution in [1.82, 2.24) is 0 Å². The number of nitrogens with two attached hydrogens (primary N) is 3. The highest BCUT2D eigenvalue weighted by molar-refractivity contribution is 6.09. The number of carboxylic acid groups (broad SMARTS) is 2. The fraction of sp³-hybridized carbons (Fsp3) is 0.727. The molecule has 0 aliphatic carbocycles. The summed E-state index contributed by atoms with van der Waals surface area (Å²) in [5.74, 6) is -3.41. The van der Waals surface area contributed by atoms with E-state index in [9.17, 15) is 14.4 Å². The van der Waals surface area contributed by atoms with Crippen LogP contribution in [0.2, 0.25) is 0 Å². The molecule has 0 radical (unpaired) electrons. The van der Waals surface area contributed by atoms with Crippen molar-refractivity contribution in [3.63, 3.8) is 0 Å². The first-order valence-corrected chi connectivity index (χ1v) is 5.99. The van der Waals surface area contributed by atoms with E-state index in [0.717, 1.165) is 0 Å². The summed E-state index contributed by atoms with van der Waals surface area (Å²) in [6.07, 6.45) is 0.405. The molecule has 110 valence electrons. The van der Waals surface area contributed by atoms with Gasteiger partial charge in [0, 0.05) is 6.42 Å². The number of hydrogen-bond acceptors (Lipinski definition) is 6. The molecular weight excluding hydrogens is 254 g/mol. The van der Waals surface area contributed by atoms with E-state index in [1.807, 2.05) is 0 Å². The minimum atomic E-state index is -2.08. The molecule has 2 unspecified atom stereocenters. The number of hydrogen-bond donors (Lipinski definition) is 5. The molecule has 0 amide bonds. The van der Waals surface area contributed by atoms with Crippen molar-refractivity contribution >= 4 is 17.7 Å². The van der Waals surface area contributed by atoms with E-state index < -0.39 is 29.3 Å². The van der Waals surface area contributed by atoms with Crippen LogP contribution in [-0.4, -0.2) is 46.1 Å². The van der Waals surface area contributed by atoms with Crippen LogP contribution in [-0.2, 0) is 14.4 Å². The Morgan fingerprint density at radius 1 is 1.16 bits per heavy atom. The van der Waals surface area contributed by atoms with E-state index in [2.05, 4.69) is 0 Å². The average Bonchev–Trinajstić information content (AvgIpc) is 2.34. The Morgan fingerprint density at radius 3 is 2.16 bits per heavy atom. The van der Waals surface area contributed by atoms with Crippen LogP contribution >= 0.6 is 0 Å². The van der Waals surface area contributed by atoms with E-state index in [1.54, 1.807) is 0 Å². The largest absolute Gasteiger partial charge is 0.481 e. The minimum Gasteiger partial charge on any atom is -0.481 e. The fourth-order valence-corrected chi connectivity index (χ4v) is 1.62. The quantitative estimate of drug-likeness (QED) is 0.241. The Labute approximate surface area is 110 Å². The van der Waals surface area contributed by atoms with Crippen LogP contribution in [0.25, 0.3) is 0 Å². The van der Waals surface area contributed by atoms with Crippen LogP contribution in [0.1, 0.15) is 32.1 Å². The van der Waals surface area contributed by atoms with Gasteiger partial charge >= 0.3 is 11.9 Å². The van der Waals surface area contributed by atoms with Crippen LogP contribution < -0.4 is 17.2 Å². The lowest BCUT2D eigenvalue weighted by molar-refractivity contribution is -0.149. The Kier molecular flexibility index (Phi) is 7.20. The molecular formula is C11H21N3O5. The van der Waals surface area contributed by atoms with Crippen LogP contribution in [0.3, 0.4) is 0 Å². The van der Waals surface area contributed by atoms with Crippen molar-refractivity contribution in [1.29, 1.82) is 0 Å². The van der Waals surface area contributed by atoms with E-state index in [1.165, 1.54) is 0 Å². The third-order valence-electron chi connectivity index (χ3n) is 2.85. The Morgan fingerprint density at radius 2 is 1.74 bits per heavy atom. The third-order valence-corrected chi connectivity index (χ3v) is 2.85. The zero-order chi connectivity index (χ0) is 15.1. The lowest BCUT2D eigenvalue weighted by Gasteiger charge is -2.26. The normalized spacial score (nSPS) is 15.5. The summed E-state index contributed by atoms with van der Waals surface area (Å²) >= 11 is 0. The maximum absolute atomic E-state index is 12.0.